The quantitative estimate of drug-likeness (QED) is 0.109. The van der Waals surface area contributed by atoms with Crippen molar-refractivity contribution < 1.29 is 69.2 Å². The first-order chi connectivity index (χ1) is 23.5. The van der Waals surface area contributed by atoms with E-state index in [0.29, 0.717) is 29.5 Å². The fourth-order valence-corrected chi connectivity index (χ4v) is 6.84. The Kier molecular flexibility index (Phi) is 12.1. The van der Waals surface area contributed by atoms with Gasteiger partial charge >= 0.3 is 35.4 Å². The number of anilines is 1. The maximum atomic E-state index is 11.6. The molecular weight excluding hydrogens is 688 g/mol. The second-order valence-corrected chi connectivity index (χ2v) is 14.8. The Labute approximate surface area is 314 Å². The number of hydrogen-bond acceptors (Lipinski definition) is 8. The van der Waals surface area contributed by atoms with Crippen LogP contribution in [0.2, 0.25) is 0 Å². The van der Waals surface area contributed by atoms with Crippen LogP contribution in [-0.2, 0) is 26.8 Å². The number of aryl methyl sites for hydroxylation is 1. The predicted octanol–water partition coefficient (Wildman–Crippen LogP) is 3.81. The summed E-state index contributed by atoms with van der Waals surface area (Å²) in [5.74, 6) is 0.657. The summed E-state index contributed by atoms with van der Waals surface area (Å²) in [4.78, 5) is 1.90. The van der Waals surface area contributed by atoms with E-state index >= 15 is 0 Å². The Hall–Kier alpha value is -3.75. The zero-order valence-corrected chi connectivity index (χ0v) is 31.5. The van der Waals surface area contributed by atoms with E-state index in [9.17, 15) is 25.9 Å². The number of rotatable bonds is 13. The maximum absolute atomic E-state index is 11.6. The summed E-state index contributed by atoms with van der Waals surface area (Å²) in [6.07, 6.45) is 4.56. The van der Waals surface area contributed by atoms with Crippen LogP contribution in [0, 0.1) is 0 Å². The van der Waals surface area contributed by atoms with Gasteiger partial charge in [-0.3, -0.25) is 4.55 Å². The third kappa shape index (κ3) is 9.32. The van der Waals surface area contributed by atoms with Crippen LogP contribution in [0.1, 0.15) is 32.1 Å². The van der Waals surface area contributed by atoms with Crippen molar-refractivity contribution in [3.8, 4) is 28.0 Å². The number of ether oxygens (including phenoxy) is 1. The van der Waals surface area contributed by atoms with Gasteiger partial charge in [0, 0.05) is 30.9 Å². The Morgan fingerprint density at radius 2 is 1.48 bits per heavy atom. The van der Waals surface area contributed by atoms with Gasteiger partial charge in [-0.15, -0.1) is 0 Å². The molecule has 6 rings (SSSR count). The van der Waals surface area contributed by atoms with E-state index < -0.39 is 31.7 Å². The largest absolute Gasteiger partial charge is 1.00 e. The van der Waals surface area contributed by atoms with Crippen LogP contribution in [0.3, 0.4) is 0 Å². The van der Waals surface area contributed by atoms with Crippen LogP contribution in [0.25, 0.3) is 39.4 Å². The van der Waals surface area contributed by atoms with Gasteiger partial charge in [-0.1, -0.05) is 79.7 Å². The summed E-state index contributed by atoms with van der Waals surface area (Å²) < 4.78 is 81.3. The SMILES string of the molecule is CCC(=Cc1oc2ccc(-c3ccccc3)cc2[n+]1CCCS(=O)(=O)[O-])C=C1Oc2ccc(-c3ccccc3)cc2N1CCCS(=O)(=O)O.[Na+]. The molecule has 1 aliphatic heterocycles. The Bertz CT molecular complexity index is 2250. The summed E-state index contributed by atoms with van der Waals surface area (Å²) in [6.45, 7) is 2.48. The summed E-state index contributed by atoms with van der Waals surface area (Å²) in [7, 11) is -8.56. The van der Waals surface area contributed by atoms with E-state index in [0.717, 1.165) is 39.0 Å². The van der Waals surface area contributed by atoms with Crippen molar-refractivity contribution in [3.63, 3.8) is 0 Å². The first-order valence-electron chi connectivity index (χ1n) is 15.9. The Balaban J connectivity index is 0.00000486. The van der Waals surface area contributed by atoms with E-state index in [1.807, 2.05) is 126 Å². The van der Waals surface area contributed by atoms with Gasteiger partial charge in [-0.25, -0.2) is 8.42 Å². The molecule has 0 spiro atoms. The van der Waals surface area contributed by atoms with Crippen LogP contribution in [0.15, 0.2) is 119 Å². The van der Waals surface area contributed by atoms with Gasteiger partial charge in [0.15, 0.2) is 12.3 Å². The minimum Gasteiger partial charge on any atom is -0.748 e. The van der Waals surface area contributed by atoms with E-state index in [2.05, 4.69) is 0 Å². The van der Waals surface area contributed by atoms with Crippen LogP contribution < -0.4 is 43.8 Å². The molecule has 0 radical (unpaired) electrons. The van der Waals surface area contributed by atoms with Crippen molar-refractivity contribution in [3.05, 3.63) is 120 Å². The van der Waals surface area contributed by atoms with Crippen molar-refractivity contribution in [2.24, 2.45) is 0 Å². The second-order valence-electron chi connectivity index (χ2n) is 11.8. The van der Waals surface area contributed by atoms with Gasteiger partial charge in [0.05, 0.1) is 27.6 Å². The minimum atomic E-state index is -4.40. The molecule has 0 unspecified atom stereocenters. The molecule has 0 aliphatic carbocycles. The first kappa shape index (κ1) is 37.5. The van der Waals surface area contributed by atoms with Gasteiger partial charge < -0.3 is 18.6 Å². The molecular formula is C37H36N2NaO8S2+. The number of oxazole rings is 1. The molecule has 13 heteroatoms. The van der Waals surface area contributed by atoms with E-state index in [1.54, 1.807) is 0 Å². The van der Waals surface area contributed by atoms with Crippen molar-refractivity contribution in [2.75, 3.05) is 23.0 Å². The Morgan fingerprint density at radius 1 is 0.840 bits per heavy atom. The molecule has 254 valence electrons. The van der Waals surface area contributed by atoms with Gasteiger partial charge in [0.25, 0.3) is 15.6 Å². The van der Waals surface area contributed by atoms with E-state index in [1.165, 1.54) is 0 Å². The third-order valence-electron chi connectivity index (χ3n) is 8.26. The van der Waals surface area contributed by atoms with Crippen molar-refractivity contribution in [1.29, 1.82) is 0 Å². The van der Waals surface area contributed by atoms with Gasteiger partial charge in [0.1, 0.15) is 0 Å². The van der Waals surface area contributed by atoms with Gasteiger partial charge in [-0.2, -0.15) is 13.0 Å². The molecule has 0 amide bonds. The summed E-state index contributed by atoms with van der Waals surface area (Å²) in [6, 6.07) is 31.4. The van der Waals surface area contributed by atoms with Gasteiger partial charge in [-0.05, 0) is 58.9 Å². The average Bonchev–Trinajstić information content (AvgIpc) is 3.60. The number of hydrogen-bond donors (Lipinski definition) is 1. The summed E-state index contributed by atoms with van der Waals surface area (Å²) in [5, 5.41) is 0. The topological polar surface area (TPSA) is 141 Å². The van der Waals surface area contributed by atoms with Crippen molar-refractivity contribution in [2.45, 2.75) is 32.7 Å². The molecule has 4 aromatic carbocycles. The zero-order valence-electron chi connectivity index (χ0n) is 27.9. The monoisotopic (exact) mass is 723 g/mol. The molecule has 5 aromatic rings. The summed E-state index contributed by atoms with van der Waals surface area (Å²) in [5.41, 5.74) is 6.89. The fourth-order valence-electron chi connectivity index (χ4n) is 5.87. The molecule has 0 saturated carbocycles. The number of benzene rings is 4. The van der Waals surface area contributed by atoms with Crippen LogP contribution in [-0.4, -0.2) is 44.0 Å². The number of allylic oxidation sites excluding steroid dienone is 2. The number of aromatic nitrogens is 1. The Morgan fingerprint density at radius 3 is 2.10 bits per heavy atom. The van der Waals surface area contributed by atoms with Crippen LogP contribution in [0.4, 0.5) is 5.69 Å². The molecule has 0 saturated heterocycles. The normalized spacial score (nSPS) is 14.1. The smallest absolute Gasteiger partial charge is 0.748 e. The first-order valence-corrected chi connectivity index (χ1v) is 19.1. The average molecular weight is 724 g/mol. The number of fused-ring (bicyclic) bond motifs is 2. The second kappa shape index (κ2) is 16.1. The standard InChI is InChI=1S/C37H36N2O8S2.Na/c1-2-27(23-36-38(19-9-21-48(40,41)42)32-25-30(15-17-34(32)46-36)28-11-5-3-6-12-28)24-37-39(20-10-22-49(43,44)45)33-26-31(16-18-35(33)47-37)29-13-7-4-8-14-29;/h3-8,11-18,23-26H,2,9-10,19-22H2,1H3,(H-,40,41,42,43,44,45);/q;+1. The molecule has 1 aliphatic rings. The molecule has 2 heterocycles. The molecule has 0 fully saturated rings. The molecule has 1 aromatic heterocycles. The van der Waals surface area contributed by atoms with Crippen molar-refractivity contribution >= 4 is 43.1 Å². The zero-order chi connectivity index (χ0) is 34.6. The molecule has 10 nitrogen and oxygen atoms in total. The van der Waals surface area contributed by atoms with E-state index in [-0.39, 0.29) is 55.5 Å². The van der Waals surface area contributed by atoms with E-state index in [4.69, 9.17) is 9.15 Å². The minimum absolute atomic E-state index is 0. The van der Waals surface area contributed by atoms with Crippen molar-refractivity contribution in [1.82, 2.24) is 0 Å². The number of nitrogens with zero attached hydrogens (tertiary/aromatic N) is 2. The maximum Gasteiger partial charge on any atom is 1.00 e. The third-order valence-corrected chi connectivity index (χ3v) is 9.85. The summed E-state index contributed by atoms with van der Waals surface area (Å²) >= 11 is 0. The molecule has 50 heavy (non-hydrogen) atoms. The molecule has 0 atom stereocenters. The molecule has 1 N–H and O–H groups in total. The van der Waals surface area contributed by atoms with Crippen LogP contribution in [0.5, 0.6) is 5.75 Å². The van der Waals surface area contributed by atoms with Crippen LogP contribution >= 0.6 is 0 Å². The van der Waals surface area contributed by atoms with Gasteiger partial charge in [0.2, 0.25) is 11.5 Å². The predicted molar refractivity (Wildman–Crippen MR) is 188 cm³/mol. The molecule has 0 bridgehead atoms. The fraction of sp³-hybridized carbons (Fsp3) is 0.216.